The van der Waals surface area contributed by atoms with Crippen LogP contribution in [0, 0.1) is 5.92 Å². The number of nitrogens with zero attached hydrogens (tertiary/aromatic N) is 3. The highest BCUT2D eigenvalue weighted by atomic mass is 16.2. The molecular formula is C20H26N4O. The van der Waals surface area contributed by atoms with Gasteiger partial charge in [-0.05, 0) is 49.7 Å². The Bertz CT molecular complexity index is 702. The predicted molar refractivity (Wildman–Crippen MR) is 97.1 cm³/mol. The molecule has 1 N–H and O–H groups in total. The zero-order valence-corrected chi connectivity index (χ0v) is 14.8. The molecule has 25 heavy (non-hydrogen) atoms. The first-order chi connectivity index (χ1) is 12.2. The average molecular weight is 338 g/mol. The van der Waals surface area contributed by atoms with Gasteiger partial charge in [-0.3, -0.25) is 0 Å². The van der Waals surface area contributed by atoms with Gasteiger partial charge in [0.15, 0.2) is 0 Å². The van der Waals surface area contributed by atoms with Crippen LogP contribution in [0.2, 0.25) is 0 Å². The molecule has 5 heteroatoms. The van der Waals surface area contributed by atoms with E-state index in [0.29, 0.717) is 24.5 Å². The normalized spacial score (nSPS) is 18.0. The van der Waals surface area contributed by atoms with Crippen molar-refractivity contribution in [1.82, 2.24) is 19.8 Å². The predicted octanol–water partition coefficient (Wildman–Crippen LogP) is 3.40. The smallest absolute Gasteiger partial charge is 0.318 e. The highest BCUT2D eigenvalue weighted by molar-refractivity contribution is 5.75. The van der Waals surface area contributed by atoms with Crippen molar-refractivity contribution in [2.75, 3.05) is 0 Å². The maximum Gasteiger partial charge on any atom is 0.318 e. The highest BCUT2D eigenvalue weighted by Gasteiger charge is 2.41. The van der Waals surface area contributed by atoms with Crippen LogP contribution in [-0.2, 0) is 13.1 Å². The monoisotopic (exact) mass is 338 g/mol. The molecule has 1 atom stereocenters. The van der Waals surface area contributed by atoms with Gasteiger partial charge >= 0.3 is 6.03 Å². The lowest BCUT2D eigenvalue weighted by molar-refractivity contribution is 0.166. The van der Waals surface area contributed by atoms with E-state index in [1.165, 1.54) is 18.4 Å². The van der Waals surface area contributed by atoms with Crippen LogP contribution >= 0.6 is 0 Å². The minimum Gasteiger partial charge on any atom is -0.334 e. The first-order valence-corrected chi connectivity index (χ1v) is 9.30. The fourth-order valence-electron chi connectivity index (χ4n) is 3.46. The maximum absolute atomic E-state index is 12.7. The second-order valence-electron chi connectivity index (χ2n) is 7.43. The van der Waals surface area contributed by atoms with Crippen molar-refractivity contribution in [2.45, 2.75) is 57.8 Å². The lowest BCUT2D eigenvalue weighted by Crippen LogP contribution is -2.47. The third kappa shape index (κ3) is 4.03. The number of benzene rings is 1. The Morgan fingerprint density at radius 2 is 1.96 bits per heavy atom. The molecule has 2 fully saturated rings. The standard InChI is InChI=1S/C20H26N4O/c1-15(18-6-7-18)24(19-8-9-19)20(25)22-12-16-2-4-17(5-3-16)13-23-11-10-21-14-23/h2-5,10-11,14-15,18-19H,6-9,12-13H2,1H3,(H,22,25)/t15-/m0/s1. The second kappa shape index (κ2) is 6.90. The molecule has 2 amide bonds. The average Bonchev–Trinajstić information content (AvgIpc) is 3.54. The first kappa shape index (κ1) is 16.2. The number of imidazole rings is 1. The molecule has 1 aromatic carbocycles. The Hall–Kier alpha value is -2.30. The SMILES string of the molecule is C[C@@H](C1CC1)N(C(=O)NCc1ccc(Cn2ccnc2)cc1)C1CC1. The number of hydrogen-bond donors (Lipinski definition) is 1. The minimum absolute atomic E-state index is 0.101. The Kier molecular flexibility index (Phi) is 4.47. The molecule has 0 aliphatic heterocycles. The fraction of sp³-hybridized carbons (Fsp3) is 0.500. The molecule has 0 bridgehead atoms. The van der Waals surface area contributed by atoms with Crippen LogP contribution < -0.4 is 5.32 Å². The Morgan fingerprint density at radius 1 is 1.24 bits per heavy atom. The molecule has 0 spiro atoms. The van der Waals surface area contributed by atoms with Gasteiger partial charge in [-0.25, -0.2) is 9.78 Å². The van der Waals surface area contributed by atoms with Crippen molar-refractivity contribution in [3.05, 3.63) is 54.1 Å². The van der Waals surface area contributed by atoms with Gasteiger partial charge in [0.25, 0.3) is 0 Å². The fourth-order valence-corrected chi connectivity index (χ4v) is 3.46. The van der Waals surface area contributed by atoms with Crippen LogP contribution in [-0.4, -0.2) is 32.6 Å². The molecule has 2 aliphatic carbocycles. The molecular weight excluding hydrogens is 312 g/mol. The van der Waals surface area contributed by atoms with E-state index in [0.717, 1.165) is 24.9 Å². The molecule has 132 valence electrons. The van der Waals surface area contributed by atoms with E-state index in [-0.39, 0.29) is 6.03 Å². The molecule has 0 unspecified atom stereocenters. The minimum atomic E-state index is 0.101. The molecule has 2 aromatic rings. The summed E-state index contributed by atoms with van der Waals surface area (Å²) in [6, 6.07) is 9.37. The van der Waals surface area contributed by atoms with E-state index < -0.39 is 0 Å². The number of hydrogen-bond acceptors (Lipinski definition) is 2. The summed E-state index contributed by atoms with van der Waals surface area (Å²) in [5.41, 5.74) is 2.37. The van der Waals surface area contributed by atoms with E-state index in [9.17, 15) is 4.79 Å². The van der Waals surface area contributed by atoms with Gasteiger partial charge in [0.2, 0.25) is 0 Å². The van der Waals surface area contributed by atoms with E-state index >= 15 is 0 Å². The third-order valence-electron chi connectivity index (χ3n) is 5.31. The Morgan fingerprint density at radius 3 is 2.56 bits per heavy atom. The van der Waals surface area contributed by atoms with Crippen molar-refractivity contribution in [1.29, 1.82) is 0 Å². The molecule has 2 saturated carbocycles. The first-order valence-electron chi connectivity index (χ1n) is 9.30. The maximum atomic E-state index is 12.7. The number of nitrogens with one attached hydrogen (secondary N) is 1. The van der Waals surface area contributed by atoms with Crippen molar-refractivity contribution in [2.24, 2.45) is 5.92 Å². The molecule has 0 saturated heterocycles. The summed E-state index contributed by atoms with van der Waals surface area (Å²) in [6.45, 7) is 3.62. The molecule has 5 nitrogen and oxygen atoms in total. The summed E-state index contributed by atoms with van der Waals surface area (Å²) in [4.78, 5) is 18.8. The van der Waals surface area contributed by atoms with Crippen LogP contribution in [0.3, 0.4) is 0 Å². The number of carbonyl (C=O) groups excluding carboxylic acids is 1. The summed E-state index contributed by atoms with van der Waals surface area (Å²) >= 11 is 0. The number of urea groups is 1. The molecule has 2 aliphatic rings. The lowest BCUT2D eigenvalue weighted by Gasteiger charge is -2.29. The Balaban J connectivity index is 1.31. The summed E-state index contributed by atoms with van der Waals surface area (Å²) in [7, 11) is 0. The quantitative estimate of drug-likeness (QED) is 0.841. The molecule has 0 radical (unpaired) electrons. The van der Waals surface area contributed by atoms with Crippen molar-refractivity contribution in [3.63, 3.8) is 0 Å². The molecule has 1 aromatic heterocycles. The van der Waals surface area contributed by atoms with Crippen LogP contribution in [0.25, 0.3) is 0 Å². The van der Waals surface area contributed by atoms with E-state index in [1.807, 2.05) is 17.1 Å². The summed E-state index contributed by atoms with van der Waals surface area (Å²) in [5, 5.41) is 3.12. The largest absolute Gasteiger partial charge is 0.334 e. The van der Waals surface area contributed by atoms with Crippen molar-refractivity contribution < 1.29 is 4.79 Å². The summed E-state index contributed by atoms with van der Waals surface area (Å²) < 4.78 is 2.05. The lowest BCUT2D eigenvalue weighted by atomic mass is 10.1. The summed E-state index contributed by atoms with van der Waals surface area (Å²) in [6.07, 6.45) is 10.4. The second-order valence-corrected chi connectivity index (χ2v) is 7.43. The molecule has 1 heterocycles. The highest BCUT2D eigenvalue weighted by Crippen LogP contribution is 2.39. The van der Waals surface area contributed by atoms with E-state index in [4.69, 9.17) is 0 Å². The van der Waals surface area contributed by atoms with E-state index in [1.54, 1.807) is 6.20 Å². The summed E-state index contributed by atoms with van der Waals surface area (Å²) in [5.74, 6) is 0.716. The van der Waals surface area contributed by atoms with Crippen LogP contribution in [0.15, 0.2) is 43.0 Å². The van der Waals surface area contributed by atoms with E-state index in [2.05, 4.69) is 46.4 Å². The van der Waals surface area contributed by atoms with Gasteiger partial charge in [0.1, 0.15) is 0 Å². The van der Waals surface area contributed by atoms with Crippen LogP contribution in [0.4, 0.5) is 4.79 Å². The van der Waals surface area contributed by atoms with Gasteiger partial charge in [-0.15, -0.1) is 0 Å². The number of amides is 2. The molecule has 4 rings (SSSR count). The van der Waals surface area contributed by atoms with Crippen LogP contribution in [0.5, 0.6) is 0 Å². The number of aromatic nitrogens is 2. The van der Waals surface area contributed by atoms with Gasteiger partial charge in [-0.2, -0.15) is 0 Å². The van der Waals surface area contributed by atoms with Crippen molar-refractivity contribution in [3.8, 4) is 0 Å². The van der Waals surface area contributed by atoms with Crippen LogP contribution in [0.1, 0.15) is 43.7 Å². The zero-order chi connectivity index (χ0) is 17.2. The van der Waals surface area contributed by atoms with Gasteiger partial charge in [0, 0.05) is 37.6 Å². The number of rotatable bonds is 7. The van der Waals surface area contributed by atoms with Gasteiger partial charge in [0.05, 0.1) is 6.33 Å². The van der Waals surface area contributed by atoms with Gasteiger partial charge in [-0.1, -0.05) is 24.3 Å². The Labute approximate surface area is 149 Å². The third-order valence-corrected chi connectivity index (χ3v) is 5.31. The van der Waals surface area contributed by atoms with Crippen molar-refractivity contribution >= 4 is 6.03 Å². The van der Waals surface area contributed by atoms with Gasteiger partial charge < -0.3 is 14.8 Å². The zero-order valence-electron chi connectivity index (χ0n) is 14.8. The topological polar surface area (TPSA) is 50.2 Å². The number of carbonyl (C=O) groups is 1.